The Morgan fingerprint density at radius 1 is 1.16 bits per heavy atom. The highest BCUT2D eigenvalue weighted by Crippen LogP contribution is 2.27. The maximum Gasteiger partial charge on any atom is 0.281 e. The number of aryl methyl sites for hydroxylation is 1. The SMILES string of the molecule is Cc1nc(-c2ccccc2)sc1C(=O)NNC(=O)C=Cc1cscn1. The zero-order chi connectivity index (χ0) is 17.6. The van der Waals surface area contributed by atoms with E-state index in [0.29, 0.717) is 16.3 Å². The van der Waals surface area contributed by atoms with Crippen LogP contribution in [-0.4, -0.2) is 21.8 Å². The average Bonchev–Trinajstić information content (AvgIpc) is 3.28. The van der Waals surface area contributed by atoms with Gasteiger partial charge in [0.15, 0.2) is 0 Å². The number of hydrogen-bond donors (Lipinski definition) is 2. The molecule has 2 N–H and O–H groups in total. The number of hydrogen-bond acceptors (Lipinski definition) is 6. The fourth-order valence-electron chi connectivity index (χ4n) is 1.99. The van der Waals surface area contributed by atoms with Crippen molar-refractivity contribution in [3.63, 3.8) is 0 Å². The Hall–Kier alpha value is -2.84. The molecule has 0 radical (unpaired) electrons. The van der Waals surface area contributed by atoms with Crippen LogP contribution in [0.15, 0.2) is 47.3 Å². The van der Waals surface area contributed by atoms with E-state index in [1.54, 1.807) is 18.5 Å². The molecule has 6 nitrogen and oxygen atoms in total. The Kier molecular flexibility index (Phi) is 5.32. The third-order valence-corrected chi connectivity index (χ3v) is 4.99. The minimum atomic E-state index is -0.438. The number of carbonyl (C=O) groups excluding carboxylic acids is 2. The minimum Gasteiger partial charge on any atom is -0.268 e. The molecule has 3 aromatic rings. The molecule has 2 amide bonds. The number of amides is 2. The summed E-state index contributed by atoms with van der Waals surface area (Å²) in [5, 5.41) is 2.58. The summed E-state index contributed by atoms with van der Waals surface area (Å²) in [7, 11) is 0. The fourth-order valence-corrected chi connectivity index (χ4v) is 3.48. The number of nitrogens with one attached hydrogen (secondary N) is 2. The van der Waals surface area contributed by atoms with Crippen molar-refractivity contribution in [3.8, 4) is 10.6 Å². The number of thiazole rings is 2. The van der Waals surface area contributed by atoms with Crippen LogP contribution >= 0.6 is 22.7 Å². The van der Waals surface area contributed by atoms with Gasteiger partial charge >= 0.3 is 0 Å². The molecule has 1 aromatic carbocycles. The summed E-state index contributed by atoms with van der Waals surface area (Å²) in [6.45, 7) is 1.77. The minimum absolute atomic E-state index is 0.396. The Labute approximate surface area is 152 Å². The van der Waals surface area contributed by atoms with E-state index in [9.17, 15) is 9.59 Å². The van der Waals surface area contributed by atoms with Crippen molar-refractivity contribution in [2.24, 2.45) is 0 Å². The van der Waals surface area contributed by atoms with Crippen molar-refractivity contribution in [2.75, 3.05) is 0 Å². The Balaban J connectivity index is 1.62. The smallest absolute Gasteiger partial charge is 0.268 e. The third kappa shape index (κ3) is 4.37. The topological polar surface area (TPSA) is 84.0 Å². The molecule has 0 spiro atoms. The molecule has 0 fully saturated rings. The first-order valence-corrected chi connectivity index (χ1v) is 9.09. The van der Waals surface area contributed by atoms with Gasteiger partial charge in [0.25, 0.3) is 11.8 Å². The zero-order valence-corrected chi connectivity index (χ0v) is 14.9. The first-order valence-electron chi connectivity index (χ1n) is 7.33. The molecule has 2 heterocycles. The van der Waals surface area contributed by atoms with Crippen molar-refractivity contribution in [2.45, 2.75) is 6.92 Å². The Bertz CT molecular complexity index is 902. The van der Waals surface area contributed by atoms with Gasteiger partial charge in [0.2, 0.25) is 0 Å². The number of aromatic nitrogens is 2. The van der Waals surface area contributed by atoms with Crippen LogP contribution in [0.2, 0.25) is 0 Å². The van der Waals surface area contributed by atoms with Crippen molar-refractivity contribution in [1.82, 2.24) is 20.8 Å². The summed E-state index contributed by atoms with van der Waals surface area (Å²) in [4.78, 5) is 32.9. The second-order valence-corrected chi connectivity index (χ2v) is 6.71. The highest BCUT2D eigenvalue weighted by Gasteiger charge is 2.16. The number of nitrogens with zero attached hydrogens (tertiary/aromatic N) is 2. The van der Waals surface area contributed by atoms with Crippen LogP contribution in [0.25, 0.3) is 16.6 Å². The number of benzene rings is 1. The molecule has 25 heavy (non-hydrogen) atoms. The molecular formula is C17H14N4O2S2. The molecule has 8 heteroatoms. The maximum atomic E-state index is 12.3. The van der Waals surface area contributed by atoms with Crippen LogP contribution < -0.4 is 10.9 Å². The summed E-state index contributed by atoms with van der Waals surface area (Å²) in [5.74, 6) is -0.834. The van der Waals surface area contributed by atoms with Crippen molar-refractivity contribution >= 4 is 40.6 Å². The van der Waals surface area contributed by atoms with Crippen LogP contribution in [0.3, 0.4) is 0 Å². The van der Waals surface area contributed by atoms with Crippen LogP contribution in [0.4, 0.5) is 0 Å². The van der Waals surface area contributed by atoms with Crippen molar-refractivity contribution in [3.05, 3.63) is 63.6 Å². The molecule has 2 aromatic heterocycles. The Morgan fingerprint density at radius 3 is 2.68 bits per heavy atom. The first-order chi connectivity index (χ1) is 12.1. The van der Waals surface area contributed by atoms with Crippen molar-refractivity contribution < 1.29 is 9.59 Å². The lowest BCUT2D eigenvalue weighted by Crippen LogP contribution is -2.40. The van der Waals surface area contributed by atoms with Gasteiger partial charge in [0, 0.05) is 17.0 Å². The quantitative estimate of drug-likeness (QED) is 0.546. The molecule has 3 rings (SSSR count). The monoisotopic (exact) mass is 370 g/mol. The second kappa shape index (κ2) is 7.82. The van der Waals surface area contributed by atoms with Crippen molar-refractivity contribution in [1.29, 1.82) is 0 Å². The molecule has 0 aliphatic rings. The molecule has 0 atom stereocenters. The van der Waals surface area contributed by atoms with E-state index in [2.05, 4.69) is 20.8 Å². The van der Waals surface area contributed by atoms with Gasteiger partial charge < -0.3 is 0 Å². The summed E-state index contributed by atoms with van der Waals surface area (Å²) in [6.07, 6.45) is 2.88. The highest BCUT2D eigenvalue weighted by molar-refractivity contribution is 7.17. The Morgan fingerprint density at radius 2 is 1.96 bits per heavy atom. The molecule has 126 valence electrons. The lowest BCUT2D eigenvalue weighted by molar-refractivity contribution is -0.117. The first kappa shape index (κ1) is 17.0. The standard InChI is InChI=1S/C17H14N4O2S2/c1-11-15(25-17(19-11)12-5-3-2-4-6-12)16(23)21-20-14(22)8-7-13-9-24-10-18-13/h2-10H,1H3,(H,20,22)(H,21,23). The predicted octanol–water partition coefficient (Wildman–Crippen LogP) is 3.05. The number of hydrazine groups is 1. The highest BCUT2D eigenvalue weighted by atomic mass is 32.1. The summed E-state index contributed by atoms with van der Waals surface area (Å²) in [6, 6.07) is 9.63. The van der Waals surface area contributed by atoms with E-state index in [1.807, 2.05) is 35.7 Å². The van der Waals surface area contributed by atoms with Gasteiger partial charge in [-0.2, -0.15) is 0 Å². The second-order valence-electron chi connectivity index (χ2n) is 4.99. The summed E-state index contributed by atoms with van der Waals surface area (Å²) < 4.78 is 0. The molecule has 0 unspecified atom stereocenters. The van der Waals surface area contributed by atoms with Gasteiger partial charge in [-0.1, -0.05) is 30.3 Å². The van der Waals surface area contributed by atoms with E-state index in [4.69, 9.17) is 0 Å². The largest absolute Gasteiger partial charge is 0.281 e. The van der Waals surface area contributed by atoms with Crippen LogP contribution in [0, 0.1) is 6.92 Å². The van der Waals surface area contributed by atoms with E-state index in [1.165, 1.54) is 28.7 Å². The predicted molar refractivity (Wildman–Crippen MR) is 99.0 cm³/mol. The summed E-state index contributed by atoms with van der Waals surface area (Å²) in [5.41, 5.74) is 8.68. The maximum absolute atomic E-state index is 12.3. The van der Waals surface area contributed by atoms with Gasteiger partial charge in [0.05, 0.1) is 16.9 Å². The van der Waals surface area contributed by atoms with Crippen LogP contribution in [-0.2, 0) is 4.79 Å². The number of carbonyl (C=O) groups is 2. The fraction of sp³-hybridized carbons (Fsp3) is 0.0588. The molecule has 0 aliphatic heterocycles. The molecule has 0 saturated carbocycles. The van der Waals surface area contributed by atoms with Crippen LogP contribution in [0.5, 0.6) is 0 Å². The van der Waals surface area contributed by atoms with E-state index in [0.717, 1.165) is 10.6 Å². The average molecular weight is 370 g/mol. The lowest BCUT2D eigenvalue weighted by atomic mass is 10.2. The molecule has 0 aliphatic carbocycles. The molecular weight excluding hydrogens is 356 g/mol. The molecule has 0 bridgehead atoms. The summed E-state index contributed by atoms with van der Waals surface area (Å²) >= 11 is 2.72. The zero-order valence-electron chi connectivity index (χ0n) is 13.2. The molecule has 0 saturated heterocycles. The third-order valence-electron chi connectivity index (χ3n) is 3.18. The van der Waals surface area contributed by atoms with Gasteiger partial charge in [-0.25, -0.2) is 9.97 Å². The van der Waals surface area contributed by atoms with Gasteiger partial charge in [-0.3, -0.25) is 20.4 Å². The van der Waals surface area contributed by atoms with Gasteiger partial charge in [-0.05, 0) is 13.0 Å². The van der Waals surface area contributed by atoms with E-state index < -0.39 is 11.8 Å². The van der Waals surface area contributed by atoms with Gasteiger partial charge in [0.1, 0.15) is 9.88 Å². The van der Waals surface area contributed by atoms with E-state index >= 15 is 0 Å². The van der Waals surface area contributed by atoms with E-state index in [-0.39, 0.29) is 0 Å². The van der Waals surface area contributed by atoms with Crippen LogP contribution in [0.1, 0.15) is 21.1 Å². The lowest BCUT2D eigenvalue weighted by Gasteiger charge is -2.03. The van der Waals surface area contributed by atoms with Gasteiger partial charge in [-0.15, -0.1) is 22.7 Å². The number of rotatable bonds is 4. The normalized spacial score (nSPS) is 10.8.